The van der Waals surface area contributed by atoms with Gasteiger partial charge in [0, 0.05) is 17.5 Å². The number of aryl methyl sites for hydroxylation is 1. The SMILES string of the molecule is Cc1ccccc1Cc1cnc(N)s1. The number of thiazole rings is 1. The molecular weight excluding hydrogens is 192 g/mol. The van der Waals surface area contributed by atoms with Gasteiger partial charge in [-0.25, -0.2) is 4.98 Å². The smallest absolute Gasteiger partial charge is 0.180 e. The van der Waals surface area contributed by atoms with Crippen LogP contribution in [0.3, 0.4) is 0 Å². The normalized spacial score (nSPS) is 10.4. The first-order valence-corrected chi connectivity index (χ1v) is 5.32. The number of hydrogen-bond donors (Lipinski definition) is 1. The highest BCUT2D eigenvalue weighted by Crippen LogP contribution is 2.19. The van der Waals surface area contributed by atoms with E-state index in [-0.39, 0.29) is 0 Å². The van der Waals surface area contributed by atoms with E-state index in [1.54, 1.807) is 11.3 Å². The molecule has 0 amide bonds. The van der Waals surface area contributed by atoms with Gasteiger partial charge in [0.25, 0.3) is 0 Å². The lowest BCUT2D eigenvalue weighted by Crippen LogP contribution is -1.88. The fraction of sp³-hybridized carbons (Fsp3) is 0.182. The van der Waals surface area contributed by atoms with Crippen molar-refractivity contribution in [1.29, 1.82) is 0 Å². The molecule has 0 aliphatic rings. The first-order chi connectivity index (χ1) is 6.75. The van der Waals surface area contributed by atoms with Crippen molar-refractivity contribution in [3.8, 4) is 0 Å². The predicted octanol–water partition coefficient (Wildman–Crippen LogP) is 2.62. The summed E-state index contributed by atoms with van der Waals surface area (Å²) >= 11 is 1.56. The second-order valence-electron chi connectivity index (χ2n) is 3.27. The summed E-state index contributed by atoms with van der Waals surface area (Å²) in [7, 11) is 0. The second-order valence-corrected chi connectivity index (χ2v) is 4.41. The van der Waals surface area contributed by atoms with E-state index in [9.17, 15) is 0 Å². The minimum Gasteiger partial charge on any atom is -0.375 e. The molecular formula is C11H12N2S. The Hall–Kier alpha value is -1.35. The molecule has 0 unspecified atom stereocenters. The average Bonchev–Trinajstić information content (AvgIpc) is 2.56. The number of anilines is 1. The van der Waals surface area contributed by atoms with E-state index in [0.29, 0.717) is 5.13 Å². The Morgan fingerprint density at radius 3 is 2.79 bits per heavy atom. The molecule has 2 nitrogen and oxygen atoms in total. The van der Waals surface area contributed by atoms with Crippen LogP contribution in [0.5, 0.6) is 0 Å². The van der Waals surface area contributed by atoms with E-state index in [2.05, 4.69) is 36.2 Å². The highest BCUT2D eigenvalue weighted by molar-refractivity contribution is 7.15. The van der Waals surface area contributed by atoms with Gasteiger partial charge in [-0.15, -0.1) is 11.3 Å². The molecule has 1 aromatic carbocycles. The number of rotatable bonds is 2. The fourth-order valence-corrected chi connectivity index (χ4v) is 2.11. The minimum atomic E-state index is 0.647. The van der Waals surface area contributed by atoms with Crippen LogP contribution in [0.25, 0.3) is 0 Å². The third-order valence-electron chi connectivity index (χ3n) is 2.20. The number of nitrogens with two attached hydrogens (primary N) is 1. The van der Waals surface area contributed by atoms with Crippen molar-refractivity contribution in [3.63, 3.8) is 0 Å². The van der Waals surface area contributed by atoms with E-state index in [0.717, 1.165) is 6.42 Å². The zero-order chi connectivity index (χ0) is 9.97. The Kier molecular flexibility index (Phi) is 2.50. The fourth-order valence-electron chi connectivity index (χ4n) is 1.40. The molecule has 0 saturated heterocycles. The molecule has 14 heavy (non-hydrogen) atoms. The van der Waals surface area contributed by atoms with Crippen LogP contribution in [0.15, 0.2) is 30.5 Å². The van der Waals surface area contributed by atoms with Crippen molar-refractivity contribution in [1.82, 2.24) is 4.98 Å². The van der Waals surface area contributed by atoms with Crippen molar-refractivity contribution in [2.75, 3.05) is 5.73 Å². The van der Waals surface area contributed by atoms with Crippen LogP contribution in [0.1, 0.15) is 16.0 Å². The van der Waals surface area contributed by atoms with E-state index in [4.69, 9.17) is 5.73 Å². The Balaban J connectivity index is 2.23. The molecule has 1 aromatic heterocycles. The summed E-state index contributed by atoms with van der Waals surface area (Å²) in [6.07, 6.45) is 2.79. The summed E-state index contributed by atoms with van der Waals surface area (Å²) in [5.41, 5.74) is 8.24. The summed E-state index contributed by atoms with van der Waals surface area (Å²) in [4.78, 5) is 5.26. The van der Waals surface area contributed by atoms with Crippen molar-refractivity contribution in [2.45, 2.75) is 13.3 Å². The summed E-state index contributed by atoms with van der Waals surface area (Å²) < 4.78 is 0. The molecule has 2 N–H and O–H groups in total. The topological polar surface area (TPSA) is 38.9 Å². The third kappa shape index (κ3) is 1.93. The Morgan fingerprint density at radius 2 is 2.14 bits per heavy atom. The standard InChI is InChI=1S/C11H12N2S/c1-8-4-2-3-5-9(8)6-10-7-13-11(12)14-10/h2-5,7H,6H2,1H3,(H2,12,13). The monoisotopic (exact) mass is 204 g/mol. The number of aromatic nitrogens is 1. The van der Waals surface area contributed by atoms with E-state index < -0.39 is 0 Å². The zero-order valence-electron chi connectivity index (χ0n) is 8.03. The highest BCUT2D eigenvalue weighted by atomic mass is 32.1. The molecule has 0 bridgehead atoms. The van der Waals surface area contributed by atoms with Gasteiger partial charge >= 0.3 is 0 Å². The van der Waals surface area contributed by atoms with Gasteiger partial charge in [0.15, 0.2) is 5.13 Å². The van der Waals surface area contributed by atoms with Crippen LogP contribution < -0.4 is 5.73 Å². The lowest BCUT2D eigenvalue weighted by atomic mass is 10.1. The molecule has 0 spiro atoms. The van der Waals surface area contributed by atoms with Crippen molar-refractivity contribution < 1.29 is 0 Å². The maximum atomic E-state index is 5.58. The molecule has 1 heterocycles. The Bertz CT molecular complexity index is 434. The van der Waals surface area contributed by atoms with E-state index in [1.165, 1.54) is 16.0 Å². The average molecular weight is 204 g/mol. The Morgan fingerprint density at radius 1 is 1.36 bits per heavy atom. The van der Waals surface area contributed by atoms with Gasteiger partial charge in [0.2, 0.25) is 0 Å². The van der Waals surface area contributed by atoms with Crippen LogP contribution in [-0.2, 0) is 6.42 Å². The quantitative estimate of drug-likeness (QED) is 0.816. The zero-order valence-corrected chi connectivity index (χ0v) is 8.84. The second kappa shape index (κ2) is 3.80. The third-order valence-corrected chi connectivity index (χ3v) is 3.02. The molecule has 0 aliphatic carbocycles. The predicted molar refractivity (Wildman–Crippen MR) is 60.5 cm³/mol. The molecule has 72 valence electrons. The summed E-state index contributed by atoms with van der Waals surface area (Å²) in [6, 6.07) is 8.39. The maximum absolute atomic E-state index is 5.58. The maximum Gasteiger partial charge on any atom is 0.180 e. The number of benzene rings is 1. The molecule has 2 aromatic rings. The van der Waals surface area contributed by atoms with E-state index >= 15 is 0 Å². The van der Waals surface area contributed by atoms with Gasteiger partial charge in [0.05, 0.1) is 0 Å². The molecule has 2 rings (SSSR count). The van der Waals surface area contributed by atoms with Crippen molar-refractivity contribution in [2.24, 2.45) is 0 Å². The van der Waals surface area contributed by atoms with Crippen LogP contribution in [0.4, 0.5) is 5.13 Å². The molecule has 3 heteroatoms. The molecule has 0 fully saturated rings. The van der Waals surface area contributed by atoms with Crippen molar-refractivity contribution >= 4 is 16.5 Å². The molecule has 0 saturated carbocycles. The molecule has 0 aliphatic heterocycles. The van der Waals surface area contributed by atoms with Crippen LogP contribution >= 0.6 is 11.3 Å². The summed E-state index contributed by atoms with van der Waals surface area (Å²) in [5, 5.41) is 0.647. The van der Waals surface area contributed by atoms with Crippen LogP contribution in [-0.4, -0.2) is 4.98 Å². The van der Waals surface area contributed by atoms with Crippen molar-refractivity contribution in [3.05, 3.63) is 46.5 Å². The molecule has 0 radical (unpaired) electrons. The Labute approximate surface area is 87.4 Å². The number of hydrogen-bond acceptors (Lipinski definition) is 3. The summed E-state index contributed by atoms with van der Waals surface area (Å²) in [6.45, 7) is 2.12. The van der Waals surface area contributed by atoms with Crippen LogP contribution in [0, 0.1) is 6.92 Å². The van der Waals surface area contributed by atoms with Gasteiger partial charge in [-0.05, 0) is 18.1 Å². The van der Waals surface area contributed by atoms with Gasteiger partial charge in [-0.2, -0.15) is 0 Å². The summed E-state index contributed by atoms with van der Waals surface area (Å²) in [5.74, 6) is 0. The lowest BCUT2D eigenvalue weighted by Gasteiger charge is -2.01. The first-order valence-electron chi connectivity index (χ1n) is 4.50. The number of nitrogens with zero attached hydrogens (tertiary/aromatic N) is 1. The van der Waals surface area contributed by atoms with Crippen LogP contribution in [0.2, 0.25) is 0 Å². The van der Waals surface area contributed by atoms with Gasteiger partial charge in [-0.1, -0.05) is 24.3 Å². The largest absolute Gasteiger partial charge is 0.375 e. The van der Waals surface area contributed by atoms with Gasteiger partial charge in [-0.3, -0.25) is 0 Å². The lowest BCUT2D eigenvalue weighted by molar-refractivity contribution is 1.18. The van der Waals surface area contributed by atoms with Gasteiger partial charge in [0.1, 0.15) is 0 Å². The number of nitrogen functional groups attached to an aromatic ring is 1. The first kappa shape index (κ1) is 9.21. The van der Waals surface area contributed by atoms with Gasteiger partial charge < -0.3 is 5.73 Å². The molecule has 0 atom stereocenters. The highest BCUT2D eigenvalue weighted by Gasteiger charge is 2.02. The van der Waals surface area contributed by atoms with E-state index in [1.807, 2.05) is 6.20 Å². The minimum absolute atomic E-state index is 0.647.